The van der Waals surface area contributed by atoms with Crippen molar-refractivity contribution in [1.29, 1.82) is 0 Å². The second kappa shape index (κ2) is 8.02. The minimum absolute atomic E-state index is 0.00173. The van der Waals surface area contributed by atoms with Crippen molar-refractivity contribution in [2.45, 2.75) is 0 Å². The maximum Gasteiger partial charge on any atom is 0.282 e. The molecule has 1 aromatic heterocycles. The minimum atomic E-state index is -1.12. The van der Waals surface area contributed by atoms with Crippen LogP contribution in [0.5, 0.6) is 0 Å². The molecule has 2 aliphatic rings. The molecule has 29 heavy (non-hydrogen) atoms. The van der Waals surface area contributed by atoms with Gasteiger partial charge < -0.3 is 10.0 Å². The highest BCUT2D eigenvalue weighted by atomic mass is 32.1. The van der Waals surface area contributed by atoms with E-state index >= 15 is 0 Å². The van der Waals surface area contributed by atoms with Crippen LogP contribution in [0.3, 0.4) is 0 Å². The Kier molecular flexibility index (Phi) is 5.44. The predicted octanol–water partition coefficient (Wildman–Crippen LogP) is 1.92. The van der Waals surface area contributed by atoms with Crippen LogP contribution in [0.4, 0.5) is 14.5 Å². The Balaban J connectivity index is 1.71. The quantitative estimate of drug-likeness (QED) is 0.751. The summed E-state index contributed by atoms with van der Waals surface area (Å²) >= 11 is 1.34. The van der Waals surface area contributed by atoms with Crippen molar-refractivity contribution >= 4 is 34.4 Å². The average molecular weight is 419 g/mol. The zero-order valence-electron chi connectivity index (χ0n) is 15.5. The molecule has 6 nitrogen and oxygen atoms in total. The lowest BCUT2D eigenvalue weighted by atomic mass is 10.1. The Hall–Kier alpha value is -2.62. The standard InChI is InChI=1S/C20H19F2N3O3S/c21-14-4-3-13(12-15(14)22)25-19(27)17(16-2-1-11-29-16)18(20(25)28)24-7-5-23(6-8-24)9-10-26/h1-4,11-12,26H,5-10H2. The molecule has 3 heterocycles. The summed E-state index contributed by atoms with van der Waals surface area (Å²) < 4.78 is 27.1. The second-order valence-electron chi connectivity index (χ2n) is 6.80. The SMILES string of the molecule is O=C1C(c2cccs2)=C(N2CCN(CCO)CC2)C(=O)N1c1ccc(F)c(F)c1. The first-order valence-corrected chi connectivity index (χ1v) is 10.1. The van der Waals surface area contributed by atoms with Gasteiger partial charge in [0.05, 0.1) is 17.9 Å². The average Bonchev–Trinajstić information content (AvgIpc) is 3.31. The van der Waals surface area contributed by atoms with Crippen LogP contribution in [0.1, 0.15) is 4.88 Å². The molecule has 2 amide bonds. The van der Waals surface area contributed by atoms with Gasteiger partial charge in [-0.3, -0.25) is 14.5 Å². The molecule has 0 aliphatic carbocycles. The van der Waals surface area contributed by atoms with Crippen LogP contribution in [-0.4, -0.2) is 66.1 Å². The Morgan fingerprint density at radius 1 is 1.00 bits per heavy atom. The lowest BCUT2D eigenvalue weighted by Crippen LogP contribution is -2.48. The van der Waals surface area contributed by atoms with E-state index in [2.05, 4.69) is 4.90 Å². The highest BCUT2D eigenvalue weighted by Crippen LogP contribution is 2.37. The number of aliphatic hydroxyl groups excluding tert-OH is 1. The van der Waals surface area contributed by atoms with Crippen molar-refractivity contribution in [1.82, 2.24) is 9.80 Å². The van der Waals surface area contributed by atoms with E-state index in [1.807, 2.05) is 10.3 Å². The Labute approximate surface area is 170 Å². The van der Waals surface area contributed by atoms with E-state index in [9.17, 15) is 18.4 Å². The first-order valence-electron chi connectivity index (χ1n) is 9.21. The minimum Gasteiger partial charge on any atom is -0.395 e. The zero-order chi connectivity index (χ0) is 20.5. The molecule has 9 heteroatoms. The van der Waals surface area contributed by atoms with Crippen LogP contribution >= 0.6 is 11.3 Å². The van der Waals surface area contributed by atoms with Gasteiger partial charge >= 0.3 is 0 Å². The number of anilines is 1. The summed E-state index contributed by atoms with van der Waals surface area (Å²) in [4.78, 5) is 32.0. The lowest BCUT2D eigenvalue weighted by molar-refractivity contribution is -0.120. The van der Waals surface area contributed by atoms with E-state index in [4.69, 9.17) is 5.11 Å². The zero-order valence-corrected chi connectivity index (χ0v) is 16.3. The molecule has 4 rings (SSSR count). The first-order chi connectivity index (χ1) is 14.0. The summed E-state index contributed by atoms with van der Waals surface area (Å²) in [5, 5.41) is 10.9. The largest absolute Gasteiger partial charge is 0.395 e. The number of halogens is 2. The third kappa shape index (κ3) is 3.57. The Morgan fingerprint density at radius 2 is 1.76 bits per heavy atom. The van der Waals surface area contributed by atoms with Gasteiger partial charge in [0, 0.05) is 43.7 Å². The van der Waals surface area contributed by atoms with Gasteiger partial charge in [0.15, 0.2) is 11.6 Å². The van der Waals surface area contributed by atoms with Gasteiger partial charge in [-0.05, 0) is 23.6 Å². The molecule has 0 radical (unpaired) electrons. The maximum absolute atomic E-state index is 13.8. The number of thiophene rings is 1. The van der Waals surface area contributed by atoms with Gasteiger partial charge in [-0.15, -0.1) is 11.3 Å². The molecule has 2 aliphatic heterocycles. The van der Waals surface area contributed by atoms with Gasteiger partial charge in [0.2, 0.25) is 0 Å². The topological polar surface area (TPSA) is 64.1 Å². The Bertz CT molecular complexity index is 969. The van der Waals surface area contributed by atoms with Crippen LogP contribution in [0.2, 0.25) is 0 Å². The summed E-state index contributed by atoms with van der Waals surface area (Å²) in [6, 6.07) is 6.55. The van der Waals surface area contributed by atoms with E-state index in [1.54, 1.807) is 12.1 Å². The van der Waals surface area contributed by atoms with Crippen LogP contribution in [0.25, 0.3) is 5.57 Å². The molecule has 1 saturated heterocycles. The number of hydrogen-bond donors (Lipinski definition) is 1. The molecule has 0 saturated carbocycles. The van der Waals surface area contributed by atoms with Gasteiger partial charge in [0.25, 0.3) is 11.8 Å². The molecule has 1 aromatic carbocycles. The van der Waals surface area contributed by atoms with Gasteiger partial charge in [0.1, 0.15) is 5.70 Å². The van der Waals surface area contributed by atoms with Crippen molar-refractivity contribution < 1.29 is 23.5 Å². The number of imide groups is 1. The molecule has 1 N–H and O–H groups in total. The summed E-state index contributed by atoms with van der Waals surface area (Å²) in [6.45, 7) is 2.95. The summed E-state index contributed by atoms with van der Waals surface area (Å²) in [6.07, 6.45) is 0. The third-order valence-electron chi connectivity index (χ3n) is 5.09. The fraction of sp³-hybridized carbons (Fsp3) is 0.300. The van der Waals surface area contributed by atoms with Gasteiger partial charge in [-0.2, -0.15) is 0 Å². The van der Waals surface area contributed by atoms with E-state index in [-0.39, 0.29) is 23.6 Å². The summed E-state index contributed by atoms with van der Waals surface area (Å²) in [7, 11) is 0. The van der Waals surface area contributed by atoms with Crippen molar-refractivity contribution in [3.05, 3.63) is 57.9 Å². The van der Waals surface area contributed by atoms with E-state index in [0.717, 1.165) is 17.0 Å². The number of carbonyl (C=O) groups excluding carboxylic acids is 2. The smallest absolute Gasteiger partial charge is 0.282 e. The molecule has 152 valence electrons. The van der Waals surface area contributed by atoms with Gasteiger partial charge in [-0.25, -0.2) is 13.7 Å². The molecule has 1 fully saturated rings. The molecular weight excluding hydrogens is 400 g/mol. The number of nitrogens with zero attached hydrogens (tertiary/aromatic N) is 3. The van der Waals surface area contributed by atoms with Crippen LogP contribution in [0, 0.1) is 11.6 Å². The second-order valence-corrected chi connectivity index (χ2v) is 7.75. The fourth-order valence-corrected chi connectivity index (χ4v) is 4.41. The molecule has 0 bridgehead atoms. The third-order valence-corrected chi connectivity index (χ3v) is 5.98. The fourth-order valence-electron chi connectivity index (χ4n) is 3.65. The molecule has 0 atom stereocenters. The number of hydrogen-bond acceptors (Lipinski definition) is 6. The van der Waals surface area contributed by atoms with Crippen molar-refractivity contribution in [3.8, 4) is 0 Å². The van der Waals surface area contributed by atoms with Crippen LogP contribution in [-0.2, 0) is 9.59 Å². The lowest BCUT2D eigenvalue weighted by Gasteiger charge is -2.36. The molecule has 2 aromatic rings. The molecular formula is C20H19F2N3O3S. The Morgan fingerprint density at radius 3 is 2.38 bits per heavy atom. The number of β-amino-alcohol motifs (C(OH)–C–C–N with tert-alkyl or cyclic N) is 1. The van der Waals surface area contributed by atoms with Crippen LogP contribution in [0.15, 0.2) is 41.4 Å². The van der Waals surface area contributed by atoms with E-state index in [0.29, 0.717) is 37.6 Å². The molecule has 0 unspecified atom stereocenters. The normalized spacial score (nSPS) is 18.3. The number of piperazine rings is 1. The number of aliphatic hydroxyl groups is 1. The maximum atomic E-state index is 13.8. The van der Waals surface area contributed by atoms with Crippen LogP contribution < -0.4 is 4.90 Å². The number of amides is 2. The number of benzene rings is 1. The van der Waals surface area contributed by atoms with Crippen molar-refractivity contribution in [2.75, 3.05) is 44.2 Å². The number of carbonyl (C=O) groups is 2. The first kappa shape index (κ1) is 19.7. The predicted molar refractivity (Wildman–Crippen MR) is 105 cm³/mol. The van der Waals surface area contributed by atoms with Crippen molar-refractivity contribution in [3.63, 3.8) is 0 Å². The number of rotatable bonds is 5. The monoisotopic (exact) mass is 419 g/mol. The highest BCUT2D eigenvalue weighted by Gasteiger charge is 2.43. The van der Waals surface area contributed by atoms with E-state index in [1.165, 1.54) is 17.4 Å². The molecule has 0 spiro atoms. The summed E-state index contributed by atoms with van der Waals surface area (Å²) in [5.41, 5.74) is 0.568. The highest BCUT2D eigenvalue weighted by molar-refractivity contribution is 7.11. The van der Waals surface area contributed by atoms with Gasteiger partial charge in [-0.1, -0.05) is 6.07 Å². The van der Waals surface area contributed by atoms with Crippen molar-refractivity contribution in [2.24, 2.45) is 0 Å². The summed E-state index contributed by atoms with van der Waals surface area (Å²) in [5.74, 6) is -3.25. The van der Waals surface area contributed by atoms with E-state index < -0.39 is 23.4 Å².